The van der Waals surface area contributed by atoms with Gasteiger partial charge in [-0.25, -0.2) is 4.79 Å². The molecule has 0 spiro atoms. The normalized spacial score (nSPS) is 10.2. The molecule has 104 valence electrons. The van der Waals surface area contributed by atoms with Gasteiger partial charge in [0.25, 0.3) is 0 Å². The van der Waals surface area contributed by atoms with E-state index in [1.807, 2.05) is 30.3 Å². The van der Waals surface area contributed by atoms with Crippen molar-refractivity contribution in [1.82, 2.24) is 0 Å². The molecule has 0 aliphatic carbocycles. The summed E-state index contributed by atoms with van der Waals surface area (Å²) in [6.07, 6.45) is -0.566. The smallest absolute Gasteiger partial charge is 0.411 e. The second kappa shape index (κ2) is 6.97. The molecule has 0 fully saturated rings. The first-order valence-corrected chi connectivity index (χ1v) is 7.23. The minimum atomic E-state index is -0.566. The topological polar surface area (TPSA) is 38.3 Å². The van der Waals surface area contributed by atoms with Crippen molar-refractivity contribution < 1.29 is 9.53 Å². The minimum absolute atomic E-state index is 0.199. The minimum Gasteiger partial charge on any atom is -0.444 e. The molecule has 2 aromatic rings. The zero-order valence-electron chi connectivity index (χ0n) is 10.2. The van der Waals surface area contributed by atoms with Crippen LogP contribution in [0.4, 0.5) is 10.5 Å². The highest BCUT2D eigenvalue weighted by molar-refractivity contribution is 9.10. The number of rotatable bonds is 3. The van der Waals surface area contributed by atoms with Gasteiger partial charge in [0.1, 0.15) is 6.61 Å². The highest BCUT2D eigenvalue weighted by Crippen LogP contribution is 2.33. The molecule has 0 aromatic heterocycles. The van der Waals surface area contributed by atoms with Gasteiger partial charge in [-0.2, -0.15) is 0 Å². The summed E-state index contributed by atoms with van der Waals surface area (Å²) in [5, 5.41) is 3.40. The highest BCUT2D eigenvalue weighted by Gasteiger charge is 2.09. The van der Waals surface area contributed by atoms with Crippen molar-refractivity contribution in [2.45, 2.75) is 6.61 Å². The van der Waals surface area contributed by atoms with E-state index in [2.05, 4.69) is 21.2 Å². The summed E-state index contributed by atoms with van der Waals surface area (Å²) in [5.41, 5.74) is 1.38. The number of ether oxygens (including phenoxy) is 1. The Bertz CT molecular complexity index is 597. The van der Waals surface area contributed by atoms with Gasteiger partial charge in [0.05, 0.1) is 14.5 Å². The number of hydrogen-bond donors (Lipinski definition) is 1. The standard InChI is InChI=1S/C14H10BrCl2NO2/c15-13-11(16)6-10(7-12(13)17)18-14(19)20-8-9-4-2-1-3-5-9/h1-7H,8H2,(H,18,19). The predicted octanol–water partition coefficient (Wildman–Crippen LogP) is 5.50. The lowest BCUT2D eigenvalue weighted by Crippen LogP contribution is -2.13. The van der Waals surface area contributed by atoms with E-state index in [-0.39, 0.29) is 6.61 Å². The molecular weight excluding hydrogens is 365 g/mol. The molecule has 1 amide bonds. The molecule has 0 bridgehead atoms. The van der Waals surface area contributed by atoms with Crippen molar-refractivity contribution in [3.05, 3.63) is 62.5 Å². The number of hydrogen-bond acceptors (Lipinski definition) is 2. The summed E-state index contributed by atoms with van der Waals surface area (Å²) >= 11 is 15.1. The maximum absolute atomic E-state index is 11.7. The molecule has 0 aliphatic rings. The van der Waals surface area contributed by atoms with Crippen LogP contribution in [0.3, 0.4) is 0 Å². The summed E-state index contributed by atoms with van der Waals surface area (Å²) in [4.78, 5) is 11.7. The number of nitrogens with one attached hydrogen (secondary N) is 1. The zero-order valence-corrected chi connectivity index (χ0v) is 13.3. The van der Waals surface area contributed by atoms with Crippen molar-refractivity contribution in [2.75, 3.05) is 5.32 Å². The molecule has 0 heterocycles. The fourth-order valence-corrected chi connectivity index (χ4v) is 2.22. The van der Waals surface area contributed by atoms with E-state index in [1.54, 1.807) is 12.1 Å². The fraction of sp³-hybridized carbons (Fsp3) is 0.0714. The molecule has 20 heavy (non-hydrogen) atoms. The molecular formula is C14H10BrCl2NO2. The highest BCUT2D eigenvalue weighted by atomic mass is 79.9. The summed E-state index contributed by atoms with van der Waals surface area (Å²) in [6, 6.07) is 12.6. The molecule has 2 rings (SSSR count). The number of benzene rings is 2. The van der Waals surface area contributed by atoms with Crippen LogP contribution in [0.15, 0.2) is 46.9 Å². The molecule has 0 unspecified atom stereocenters. The Hall–Kier alpha value is -1.23. The van der Waals surface area contributed by atoms with Crippen molar-refractivity contribution in [3.63, 3.8) is 0 Å². The van der Waals surface area contributed by atoms with Gasteiger partial charge in [-0.1, -0.05) is 53.5 Å². The lowest BCUT2D eigenvalue weighted by Gasteiger charge is -2.09. The number of carbonyl (C=O) groups is 1. The molecule has 0 saturated carbocycles. The first-order valence-electron chi connectivity index (χ1n) is 5.68. The summed E-state index contributed by atoms with van der Waals surface area (Å²) in [6.45, 7) is 0.199. The van der Waals surface area contributed by atoms with Crippen molar-refractivity contribution in [1.29, 1.82) is 0 Å². The Balaban J connectivity index is 1.95. The van der Waals surface area contributed by atoms with E-state index >= 15 is 0 Å². The van der Waals surface area contributed by atoms with Crippen LogP contribution in [-0.2, 0) is 11.3 Å². The van der Waals surface area contributed by atoms with Crippen molar-refractivity contribution in [2.24, 2.45) is 0 Å². The lowest BCUT2D eigenvalue weighted by molar-refractivity contribution is 0.155. The Labute approximate surface area is 135 Å². The van der Waals surface area contributed by atoms with Crippen LogP contribution in [0.5, 0.6) is 0 Å². The van der Waals surface area contributed by atoms with Crippen LogP contribution >= 0.6 is 39.1 Å². The molecule has 1 N–H and O–H groups in total. The van der Waals surface area contributed by atoms with Gasteiger partial charge in [0.2, 0.25) is 0 Å². The van der Waals surface area contributed by atoms with Crippen LogP contribution in [0.2, 0.25) is 10.0 Å². The molecule has 0 aliphatic heterocycles. The van der Waals surface area contributed by atoms with Gasteiger partial charge in [0.15, 0.2) is 0 Å². The fourth-order valence-electron chi connectivity index (χ4n) is 1.50. The third-order valence-corrected chi connectivity index (χ3v) is 4.35. The Morgan fingerprint density at radius 2 is 1.75 bits per heavy atom. The number of carbonyl (C=O) groups excluding carboxylic acids is 1. The number of amides is 1. The summed E-state index contributed by atoms with van der Waals surface area (Å²) in [7, 11) is 0. The monoisotopic (exact) mass is 373 g/mol. The van der Waals surface area contributed by atoms with Crippen LogP contribution in [0.25, 0.3) is 0 Å². The van der Waals surface area contributed by atoms with E-state index in [0.29, 0.717) is 20.2 Å². The SMILES string of the molecule is O=C(Nc1cc(Cl)c(Br)c(Cl)c1)OCc1ccccc1. The van der Waals surface area contributed by atoms with Gasteiger partial charge in [-0.05, 0) is 33.6 Å². The molecule has 0 atom stereocenters. The second-order valence-electron chi connectivity index (χ2n) is 3.94. The van der Waals surface area contributed by atoms with Gasteiger partial charge in [-0.15, -0.1) is 0 Å². The first-order chi connectivity index (χ1) is 9.56. The van der Waals surface area contributed by atoms with E-state index in [1.165, 1.54) is 0 Å². The molecule has 6 heteroatoms. The molecule has 3 nitrogen and oxygen atoms in total. The third kappa shape index (κ3) is 4.13. The van der Waals surface area contributed by atoms with Crippen LogP contribution in [0, 0.1) is 0 Å². The number of halogens is 3. The summed E-state index contributed by atoms with van der Waals surface area (Å²) in [5.74, 6) is 0. The first kappa shape index (κ1) is 15.2. The average Bonchev–Trinajstić information content (AvgIpc) is 2.43. The van der Waals surface area contributed by atoms with Crippen LogP contribution in [-0.4, -0.2) is 6.09 Å². The Kier molecular flexibility index (Phi) is 5.29. The van der Waals surface area contributed by atoms with Gasteiger partial charge < -0.3 is 4.74 Å². The Morgan fingerprint density at radius 3 is 2.35 bits per heavy atom. The molecule has 0 radical (unpaired) electrons. The summed E-state index contributed by atoms with van der Waals surface area (Å²) < 4.78 is 5.68. The van der Waals surface area contributed by atoms with Gasteiger partial charge in [0, 0.05) is 5.69 Å². The quantitative estimate of drug-likeness (QED) is 0.720. The van der Waals surface area contributed by atoms with Crippen molar-refractivity contribution in [3.8, 4) is 0 Å². The van der Waals surface area contributed by atoms with Gasteiger partial charge in [-0.3, -0.25) is 5.32 Å². The van der Waals surface area contributed by atoms with Crippen molar-refractivity contribution >= 4 is 50.9 Å². The maximum atomic E-state index is 11.7. The second-order valence-corrected chi connectivity index (χ2v) is 5.55. The third-order valence-electron chi connectivity index (χ3n) is 2.44. The Morgan fingerprint density at radius 1 is 1.15 bits per heavy atom. The molecule has 2 aromatic carbocycles. The lowest BCUT2D eigenvalue weighted by atomic mass is 10.2. The van der Waals surface area contributed by atoms with E-state index in [0.717, 1.165) is 5.56 Å². The average molecular weight is 375 g/mol. The van der Waals surface area contributed by atoms with Gasteiger partial charge >= 0.3 is 6.09 Å². The number of anilines is 1. The maximum Gasteiger partial charge on any atom is 0.411 e. The largest absolute Gasteiger partial charge is 0.444 e. The van der Waals surface area contributed by atoms with E-state index in [9.17, 15) is 4.79 Å². The molecule has 0 saturated heterocycles. The predicted molar refractivity (Wildman–Crippen MR) is 84.4 cm³/mol. The van der Waals surface area contributed by atoms with E-state index < -0.39 is 6.09 Å². The zero-order chi connectivity index (χ0) is 14.5. The van der Waals surface area contributed by atoms with E-state index in [4.69, 9.17) is 27.9 Å². The van der Waals surface area contributed by atoms with Crippen LogP contribution in [0.1, 0.15) is 5.56 Å². The van der Waals surface area contributed by atoms with Crippen LogP contribution < -0.4 is 5.32 Å².